The van der Waals surface area contributed by atoms with E-state index in [0.29, 0.717) is 0 Å². The lowest BCUT2D eigenvalue weighted by Gasteiger charge is -1.98. The first-order chi connectivity index (χ1) is 11.9. The smallest absolute Gasteiger partial charge is 0.0924 e. The molecule has 1 aromatic carbocycles. The molecule has 0 saturated heterocycles. The van der Waals surface area contributed by atoms with E-state index in [2.05, 4.69) is 15.2 Å². The highest BCUT2D eigenvalue weighted by molar-refractivity contribution is 5.81. The van der Waals surface area contributed by atoms with E-state index >= 15 is 0 Å². The maximum absolute atomic E-state index is 5.60. The van der Waals surface area contributed by atoms with Crippen molar-refractivity contribution in [3.8, 4) is 0 Å². The Balaban J connectivity index is 0.000000165. The lowest BCUT2D eigenvalue weighted by atomic mass is 10.2. The van der Waals surface area contributed by atoms with E-state index in [1.807, 2.05) is 82.8 Å². The Hall–Kier alpha value is -2.89. The first-order valence-corrected chi connectivity index (χ1v) is 8.41. The van der Waals surface area contributed by atoms with Crippen LogP contribution in [-0.4, -0.2) is 24.4 Å². The van der Waals surface area contributed by atoms with Gasteiger partial charge in [0.15, 0.2) is 0 Å². The molecule has 0 saturated carbocycles. The fraction of sp³-hybridized carbons (Fsp3) is 0.316. The largest absolute Gasteiger partial charge is 0.399 e. The second-order valence-corrected chi connectivity index (χ2v) is 5.70. The highest BCUT2D eigenvalue weighted by atomic mass is 15.2. The van der Waals surface area contributed by atoms with Gasteiger partial charge in [0.25, 0.3) is 0 Å². The van der Waals surface area contributed by atoms with Gasteiger partial charge in [0.05, 0.1) is 34.3 Å². The maximum atomic E-state index is 5.60. The lowest BCUT2D eigenvalue weighted by molar-refractivity contribution is 0.780. The van der Waals surface area contributed by atoms with E-state index in [1.54, 1.807) is 4.68 Å². The summed E-state index contributed by atoms with van der Waals surface area (Å²) in [6.45, 7) is 9.97. The summed E-state index contributed by atoms with van der Waals surface area (Å²) in [5.74, 6) is 0. The van der Waals surface area contributed by atoms with E-state index in [0.717, 1.165) is 39.2 Å². The van der Waals surface area contributed by atoms with Crippen molar-refractivity contribution in [2.75, 3.05) is 5.73 Å². The summed E-state index contributed by atoms with van der Waals surface area (Å²) in [4.78, 5) is 4.35. The predicted molar refractivity (Wildman–Crippen MR) is 104 cm³/mol. The van der Waals surface area contributed by atoms with Gasteiger partial charge in [0.1, 0.15) is 0 Å². The third-order valence-electron chi connectivity index (χ3n) is 3.52. The van der Waals surface area contributed by atoms with Crippen LogP contribution in [0.4, 0.5) is 5.69 Å². The molecule has 0 aliphatic carbocycles. The number of hydrogen-bond donors (Lipinski definition) is 1. The van der Waals surface area contributed by atoms with Crippen molar-refractivity contribution in [2.24, 2.45) is 7.05 Å². The minimum absolute atomic E-state index is 0.783. The van der Waals surface area contributed by atoms with Gasteiger partial charge in [-0.05, 0) is 45.0 Å². The molecule has 4 rings (SSSR count). The van der Waals surface area contributed by atoms with Crippen LogP contribution in [0.15, 0.2) is 36.7 Å². The van der Waals surface area contributed by atoms with Gasteiger partial charge in [0, 0.05) is 24.3 Å². The first kappa shape index (κ1) is 18.4. The summed E-state index contributed by atoms with van der Waals surface area (Å²) >= 11 is 0. The molecule has 6 nitrogen and oxygen atoms in total. The standard InChI is InChI=1S/C9H11N3.C8H9N3.C2H6/c1-6-4-9-8(3)10-7(2)5-12(9)11-6;1-11-5-6-4-7(9)2-3-8(6)10-11;1-2/h4-5H,1-3H3;2-5H,9H2,1H3;1-2H3. The van der Waals surface area contributed by atoms with Crippen molar-refractivity contribution in [2.45, 2.75) is 34.6 Å². The third kappa shape index (κ3) is 4.35. The third-order valence-corrected chi connectivity index (χ3v) is 3.52. The lowest BCUT2D eigenvalue weighted by Crippen LogP contribution is -1.94. The average molecular weight is 338 g/mol. The molecule has 0 atom stereocenters. The van der Waals surface area contributed by atoms with Gasteiger partial charge in [-0.15, -0.1) is 0 Å². The summed E-state index contributed by atoms with van der Waals surface area (Å²) in [5, 5.41) is 9.62. The number of aromatic nitrogens is 5. The molecule has 0 aliphatic heterocycles. The molecule has 3 aromatic heterocycles. The highest BCUT2D eigenvalue weighted by Crippen LogP contribution is 2.14. The van der Waals surface area contributed by atoms with Gasteiger partial charge in [-0.25, -0.2) is 4.52 Å². The monoisotopic (exact) mass is 338 g/mol. The number of aryl methyl sites for hydroxylation is 4. The number of nitrogens with zero attached hydrogens (tertiary/aromatic N) is 5. The van der Waals surface area contributed by atoms with Gasteiger partial charge in [-0.2, -0.15) is 10.2 Å². The molecule has 0 fully saturated rings. The average Bonchev–Trinajstić information content (AvgIpc) is 3.10. The summed E-state index contributed by atoms with van der Waals surface area (Å²) in [7, 11) is 1.90. The summed E-state index contributed by atoms with van der Waals surface area (Å²) in [6, 6.07) is 7.74. The Morgan fingerprint density at radius 3 is 2.36 bits per heavy atom. The van der Waals surface area contributed by atoms with Crippen molar-refractivity contribution in [1.29, 1.82) is 0 Å². The second-order valence-electron chi connectivity index (χ2n) is 5.70. The van der Waals surface area contributed by atoms with Gasteiger partial charge in [-0.3, -0.25) is 9.67 Å². The number of fused-ring (bicyclic) bond motifs is 2. The molecule has 0 amide bonds. The molecule has 132 valence electrons. The molecule has 25 heavy (non-hydrogen) atoms. The molecule has 0 aliphatic rings. The van der Waals surface area contributed by atoms with E-state index in [-0.39, 0.29) is 0 Å². The summed E-state index contributed by atoms with van der Waals surface area (Å²) in [6.07, 6.45) is 3.89. The molecule has 0 unspecified atom stereocenters. The van der Waals surface area contributed by atoms with Gasteiger partial charge in [0.2, 0.25) is 0 Å². The van der Waals surface area contributed by atoms with Crippen LogP contribution in [0.25, 0.3) is 16.4 Å². The maximum Gasteiger partial charge on any atom is 0.0924 e. The van der Waals surface area contributed by atoms with E-state index in [9.17, 15) is 0 Å². The Morgan fingerprint density at radius 1 is 0.920 bits per heavy atom. The fourth-order valence-corrected chi connectivity index (χ4v) is 2.58. The zero-order valence-electron chi connectivity index (χ0n) is 15.8. The fourth-order valence-electron chi connectivity index (χ4n) is 2.58. The normalized spacial score (nSPS) is 10.2. The van der Waals surface area contributed by atoms with Crippen molar-refractivity contribution in [3.05, 3.63) is 53.7 Å². The van der Waals surface area contributed by atoms with Crippen LogP contribution in [-0.2, 0) is 7.05 Å². The molecule has 4 aromatic rings. The highest BCUT2D eigenvalue weighted by Gasteiger charge is 2.01. The number of hydrogen-bond acceptors (Lipinski definition) is 4. The van der Waals surface area contributed by atoms with Crippen LogP contribution in [0.2, 0.25) is 0 Å². The van der Waals surface area contributed by atoms with Crippen LogP contribution >= 0.6 is 0 Å². The quantitative estimate of drug-likeness (QED) is 0.494. The van der Waals surface area contributed by atoms with E-state index < -0.39 is 0 Å². The van der Waals surface area contributed by atoms with E-state index in [1.165, 1.54) is 0 Å². The van der Waals surface area contributed by atoms with Crippen molar-refractivity contribution in [3.63, 3.8) is 0 Å². The predicted octanol–water partition coefficient (Wildman–Crippen LogP) is 3.84. The van der Waals surface area contributed by atoms with Crippen molar-refractivity contribution in [1.82, 2.24) is 24.4 Å². The molecule has 0 radical (unpaired) electrons. The van der Waals surface area contributed by atoms with E-state index in [4.69, 9.17) is 5.73 Å². The topological polar surface area (TPSA) is 74.0 Å². The number of benzene rings is 1. The number of nitrogens with two attached hydrogens (primary N) is 1. The molecule has 3 heterocycles. The van der Waals surface area contributed by atoms with Crippen molar-refractivity contribution < 1.29 is 0 Å². The molecule has 0 spiro atoms. The molecular weight excluding hydrogens is 312 g/mol. The molecule has 0 bridgehead atoms. The Bertz CT molecular complexity index is 980. The van der Waals surface area contributed by atoms with Crippen LogP contribution in [0.1, 0.15) is 30.9 Å². The van der Waals surface area contributed by atoms with Crippen LogP contribution in [0, 0.1) is 20.8 Å². The first-order valence-electron chi connectivity index (χ1n) is 8.41. The summed E-state index contributed by atoms with van der Waals surface area (Å²) in [5.41, 5.74) is 11.5. The van der Waals surface area contributed by atoms with Crippen LogP contribution in [0.5, 0.6) is 0 Å². The van der Waals surface area contributed by atoms with Crippen molar-refractivity contribution >= 4 is 22.1 Å². The van der Waals surface area contributed by atoms with Gasteiger partial charge < -0.3 is 5.73 Å². The molecular formula is C19H26N6. The van der Waals surface area contributed by atoms with Gasteiger partial charge in [-0.1, -0.05) is 13.8 Å². The van der Waals surface area contributed by atoms with Crippen LogP contribution in [0.3, 0.4) is 0 Å². The van der Waals surface area contributed by atoms with Gasteiger partial charge >= 0.3 is 0 Å². The molecule has 2 N–H and O–H groups in total. The zero-order chi connectivity index (χ0) is 18.6. The summed E-state index contributed by atoms with van der Waals surface area (Å²) < 4.78 is 3.66. The number of anilines is 1. The Kier molecular flexibility index (Phi) is 5.75. The Morgan fingerprint density at radius 2 is 1.64 bits per heavy atom. The minimum atomic E-state index is 0.783. The van der Waals surface area contributed by atoms with Crippen LogP contribution < -0.4 is 5.73 Å². The molecule has 6 heteroatoms. The Labute approximate surface area is 148 Å². The minimum Gasteiger partial charge on any atom is -0.399 e. The number of rotatable bonds is 0. The second kappa shape index (κ2) is 7.79. The SMILES string of the molecule is CC.Cc1cn2nc(C)cc2c(C)n1.Cn1cc2cc(N)ccc2n1. The zero-order valence-corrected chi connectivity index (χ0v) is 15.8. The number of nitrogen functional groups attached to an aromatic ring is 1.